The van der Waals surface area contributed by atoms with Gasteiger partial charge in [-0.3, -0.25) is 0 Å². The molecule has 0 radical (unpaired) electrons. The molecular formula is HAlFNaO. The van der Waals surface area contributed by atoms with Crippen molar-refractivity contribution < 1.29 is 7.33 Å². The second kappa shape index (κ2) is 8.86. The first-order chi connectivity index (χ1) is 1.41. The van der Waals surface area contributed by atoms with E-state index in [1.54, 1.807) is 0 Å². The van der Waals surface area contributed by atoms with Crippen LogP contribution in [0.2, 0.25) is 0 Å². The van der Waals surface area contributed by atoms with Crippen LogP contribution in [0.4, 0.5) is 3.52 Å². The summed E-state index contributed by atoms with van der Waals surface area (Å²) in [5.41, 5.74) is 0. The van der Waals surface area contributed by atoms with Crippen molar-refractivity contribution in [2.45, 2.75) is 0 Å². The molecule has 0 N–H and O–H groups in total. The van der Waals surface area contributed by atoms with Gasteiger partial charge in [-0.2, -0.15) is 0 Å². The Bertz CT molecular complexity index is 15.5. The predicted octanol–water partition coefficient (Wildman–Crippen LogP) is -0.728. The molecule has 0 aromatic carbocycles. The van der Waals surface area contributed by atoms with Gasteiger partial charge in [0.1, 0.15) is 0 Å². The third-order valence-electron chi connectivity index (χ3n) is 0. The zero-order chi connectivity index (χ0) is 2.71. The maximum atomic E-state index is 9.82. The van der Waals surface area contributed by atoms with Gasteiger partial charge in [0.25, 0.3) is 0 Å². The van der Waals surface area contributed by atoms with Gasteiger partial charge < -0.3 is 0 Å². The Labute approximate surface area is 52.3 Å². The van der Waals surface area contributed by atoms with Crippen LogP contribution in [0.1, 0.15) is 0 Å². The first-order valence-corrected chi connectivity index (χ1v) is 1.36. The molecule has 4 heavy (non-hydrogen) atoms. The van der Waals surface area contributed by atoms with E-state index in [0.717, 1.165) is 0 Å². The van der Waals surface area contributed by atoms with Gasteiger partial charge in [-0.1, -0.05) is 0 Å². The van der Waals surface area contributed by atoms with Gasteiger partial charge in [0.05, 0.1) is 0 Å². The summed E-state index contributed by atoms with van der Waals surface area (Å²) in [4.78, 5) is 0. The molecule has 1 nitrogen and oxygen atoms in total. The van der Waals surface area contributed by atoms with Crippen molar-refractivity contribution in [1.29, 1.82) is 0 Å². The molecule has 0 rings (SSSR count). The molecule has 0 saturated carbocycles. The van der Waals surface area contributed by atoms with Gasteiger partial charge in [-0.05, 0) is 0 Å². The van der Waals surface area contributed by atoms with E-state index >= 15 is 0 Å². The molecule has 0 unspecified atom stereocenters. The Hall–Kier alpha value is 1.26. The molecule has 0 aliphatic carbocycles. The summed E-state index contributed by atoms with van der Waals surface area (Å²) in [6, 6.07) is 0. The Morgan fingerprint density at radius 2 is 1.75 bits per heavy atom. The van der Waals surface area contributed by atoms with Crippen LogP contribution in [0.5, 0.6) is 0 Å². The quantitative estimate of drug-likeness (QED) is 0.355. The van der Waals surface area contributed by atoms with Crippen LogP contribution in [0.25, 0.3) is 0 Å². The van der Waals surface area contributed by atoms with Crippen molar-refractivity contribution in [3.63, 3.8) is 0 Å². The van der Waals surface area contributed by atoms with E-state index in [1.807, 2.05) is 0 Å². The van der Waals surface area contributed by atoms with Crippen LogP contribution in [0.15, 0.2) is 0 Å². The summed E-state index contributed by atoms with van der Waals surface area (Å²) in [7, 11) is 0. The fourth-order valence-corrected chi connectivity index (χ4v) is 0. The Morgan fingerprint density at radius 3 is 1.75 bits per heavy atom. The van der Waals surface area contributed by atoms with Crippen molar-refractivity contribution in [3.8, 4) is 0 Å². The molecule has 0 aromatic heterocycles. The first-order valence-electron chi connectivity index (χ1n) is 0.454. The van der Waals surface area contributed by atoms with Gasteiger partial charge in [-0.25, -0.2) is 0 Å². The molecule has 0 atom stereocenters. The summed E-state index contributed by atoms with van der Waals surface area (Å²) in [5, 5.41) is 0. The summed E-state index contributed by atoms with van der Waals surface area (Å²) in [6.45, 7) is 0. The van der Waals surface area contributed by atoms with Crippen LogP contribution in [0.3, 0.4) is 0 Å². The van der Waals surface area contributed by atoms with Crippen molar-refractivity contribution in [2.24, 2.45) is 0 Å². The standard InChI is InChI=1S/Al.FH.Na.O.H/h;1H;;;/q+1;;;;/p-1. The van der Waals surface area contributed by atoms with Crippen molar-refractivity contribution in [3.05, 3.63) is 0 Å². The number of rotatable bonds is 0. The van der Waals surface area contributed by atoms with E-state index in [4.69, 9.17) is 3.80 Å². The van der Waals surface area contributed by atoms with Gasteiger partial charge in [-0.15, -0.1) is 0 Å². The van der Waals surface area contributed by atoms with Crippen molar-refractivity contribution in [1.82, 2.24) is 0 Å². The second-order valence-electron chi connectivity index (χ2n) is 0.0891. The molecule has 0 amide bonds. The molecule has 0 fully saturated rings. The molecule has 4 heteroatoms. The summed E-state index contributed by atoms with van der Waals surface area (Å²) in [5.74, 6) is 0. The molecule has 0 aromatic rings. The van der Waals surface area contributed by atoms with Crippen LogP contribution in [-0.2, 0) is 3.80 Å². The first kappa shape index (κ1) is 8.98. The van der Waals surface area contributed by atoms with Gasteiger partial charge in [0.15, 0.2) is 0 Å². The minimum absolute atomic E-state index is 0. The molecular weight excluding hydrogens is 85.0 g/mol. The van der Waals surface area contributed by atoms with E-state index in [9.17, 15) is 3.52 Å². The van der Waals surface area contributed by atoms with E-state index in [0.29, 0.717) is 0 Å². The number of halogens is 1. The normalized spacial score (nSPS) is 2.25. The van der Waals surface area contributed by atoms with Crippen LogP contribution in [0, 0.1) is 0 Å². The Balaban J connectivity index is 0. The zero-order valence-electron chi connectivity index (χ0n) is 1.36. The number of hydrogen-bond acceptors (Lipinski definition) is 1. The maximum absolute atomic E-state index is 9.82. The second-order valence-corrected chi connectivity index (χ2v) is 0.267. The van der Waals surface area contributed by atoms with Crippen molar-refractivity contribution >= 4 is 45.2 Å². The molecule has 0 spiro atoms. The average Bonchev–Trinajstić information content (AvgIpc) is 0.918. The molecule has 0 aliphatic heterocycles. The minimum atomic E-state index is -2.00. The van der Waals surface area contributed by atoms with Crippen LogP contribution >= 0.6 is 0 Å². The molecule has 0 heterocycles. The number of hydrogen-bond donors (Lipinski definition) is 0. The topological polar surface area (TPSA) is 17.1 Å². The fourth-order valence-electron chi connectivity index (χ4n) is 0. The SMILES string of the molecule is [NaH].[O]=[Al][F]. The fraction of sp³-hybridized carbons (Fsp3) is 0. The molecule has 0 bridgehead atoms. The van der Waals surface area contributed by atoms with Crippen LogP contribution < -0.4 is 0 Å². The summed E-state index contributed by atoms with van der Waals surface area (Å²) >= 11 is -2.00. The average molecular weight is 86.0 g/mol. The van der Waals surface area contributed by atoms with Gasteiger partial charge in [0, 0.05) is 0 Å². The predicted molar refractivity (Wildman–Crippen MR) is 14.7 cm³/mol. The monoisotopic (exact) mass is 86.0 g/mol. The molecule has 0 saturated heterocycles. The van der Waals surface area contributed by atoms with E-state index < -0.39 is 15.6 Å². The van der Waals surface area contributed by atoms with Gasteiger partial charge >= 0.3 is 52.5 Å². The van der Waals surface area contributed by atoms with Gasteiger partial charge in [0.2, 0.25) is 0 Å². The molecule has 18 valence electrons. The molecule has 0 aliphatic rings. The van der Waals surface area contributed by atoms with E-state index in [-0.39, 0.29) is 29.6 Å². The summed E-state index contributed by atoms with van der Waals surface area (Å²) in [6.07, 6.45) is 0. The zero-order valence-corrected chi connectivity index (χ0v) is 2.52. The summed E-state index contributed by atoms with van der Waals surface area (Å²) < 4.78 is 18.2. The van der Waals surface area contributed by atoms with E-state index in [2.05, 4.69) is 0 Å². The van der Waals surface area contributed by atoms with Crippen molar-refractivity contribution in [2.75, 3.05) is 0 Å². The Kier molecular flexibility index (Phi) is 19.9. The third-order valence-corrected chi connectivity index (χ3v) is 0. The Morgan fingerprint density at radius 1 is 1.75 bits per heavy atom. The van der Waals surface area contributed by atoms with Crippen LogP contribution in [-0.4, -0.2) is 45.2 Å². The van der Waals surface area contributed by atoms with E-state index in [1.165, 1.54) is 0 Å². The third kappa shape index (κ3) is 10.5.